The Morgan fingerprint density at radius 2 is 1.84 bits per heavy atom. The molecule has 1 aromatic heterocycles. The lowest BCUT2D eigenvalue weighted by molar-refractivity contribution is -0.121. The van der Waals surface area contributed by atoms with Gasteiger partial charge < -0.3 is 4.74 Å². The number of aromatic nitrogens is 2. The van der Waals surface area contributed by atoms with Gasteiger partial charge in [-0.1, -0.05) is 55.5 Å². The first-order valence-electron chi connectivity index (χ1n) is 10.6. The van der Waals surface area contributed by atoms with Crippen LogP contribution in [0.2, 0.25) is 0 Å². The molecule has 0 bridgehead atoms. The van der Waals surface area contributed by atoms with Gasteiger partial charge >= 0.3 is 6.09 Å². The number of Topliss-reactive ketones (excluding diaryl/α,β-unsaturated/α-hetero) is 1. The molecule has 0 saturated heterocycles. The van der Waals surface area contributed by atoms with E-state index in [2.05, 4.69) is 11.2 Å². The van der Waals surface area contributed by atoms with E-state index in [1.54, 1.807) is 36.5 Å². The molecule has 0 saturated carbocycles. The lowest BCUT2D eigenvalue weighted by Gasteiger charge is -2.46. The van der Waals surface area contributed by atoms with E-state index in [0.29, 0.717) is 17.9 Å². The molecule has 0 unspecified atom stereocenters. The number of nitrogens with zero attached hydrogens (tertiary/aromatic N) is 3. The molecule has 1 heterocycles. The normalized spacial score (nSPS) is 24.0. The molecule has 3 atom stereocenters. The highest BCUT2D eigenvalue weighted by atomic mass is 16.6. The van der Waals surface area contributed by atoms with Crippen molar-refractivity contribution in [2.45, 2.75) is 25.2 Å². The lowest BCUT2D eigenvalue weighted by atomic mass is 9.54. The SMILES string of the molecule is C[C@@H]1C(=O)C(C#N)=C[C@]2(c3ccccc3)c3nn(C(=O)Oc4ccccc4)cc3CC[C@@H]12. The summed E-state index contributed by atoms with van der Waals surface area (Å²) in [4.78, 5) is 25.6. The Morgan fingerprint density at radius 3 is 2.53 bits per heavy atom. The predicted octanol–water partition coefficient (Wildman–Crippen LogP) is 4.45. The minimum atomic E-state index is -0.758. The van der Waals surface area contributed by atoms with Gasteiger partial charge in [0.2, 0.25) is 0 Å². The maximum absolute atomic E-state index is 12.8. The summed E-state index contributed by atoms with van der Waals surface area (Å²) in [7, 11) is 0. The number of hydrogen-bond acceptors (Lipinski definition) is 5. The minimum Gasteiger partial charge on any atom is -0.409 e. The van der Waals surface area contributed by atoms with Crippen molar-refractivity contribution < 1.29 is 14.3 Å². The average molecular weight is 423 g/mol. The van der Waals surface area contributed by atoms with Crippen molar-refractivity contribution >= 4 is 11.9 Å². The Hall–Kier alpha value is -3.98. The fourth-order valence-electron chi connectivity index (χ4n) is 5.17. The van der Waals surface area contributed by atoms with Crippen LogP contribution in [0.5, 0.6) is 5.75 Å². The van der Waals surface area contributed by atoms with Gasteiger partial charge in [0.05, 0.1) is 16.7 Å². The lowest BCUT2D eigenvalue weighted by Crippen LogP contribution is -2.48. The molecule has 2 aliphatic carbocycles. The van der Waals surface area contributed by atoms with Crippen LogP contribution in [-0.4, -0.2) is 21.7 Å². The summed E-state index contributed by atoms with van der Waals surface area (Å²) >= 11 is 0. The molecule has 6 heteroatoms. The highest BCUT2D eigenvalue weighted by Crippen LogP contribution is 2.53. The zero-order valence-corrected chi connectivity index (χ0v) is 17.6. The zero-order chi connectivity index (χ0) is 22.3. The van der Waals surface area contributed by atoms with Crippen LogP contribution in [0, 0.1) is 23.2 Å². The van der Waals surface area contributed by atoms with Crippen LogP contribution in [0.25, 0.3) is 0 Å². The van der Waals surface area contributed by atoms with Gasteiger partial charge in [0.15, 0.2) is 5.78 Å². The standard InChI is InChI=1S/C26H21N3O3/c1-17-22-13-12-18-16-29(25(31)32-21-10-6-3-7-11-21)28-24(18)26(22,14-19(15-27)23(17)30)20-8-4-2-5-9-20/h2-11,14,16-17,22H,12-13H2,1H3/t17-,22-,26+/m0/s1. The number of para-hydroxylation sites is 1. The molecule has 158 valence electrons. The van der Waals surface area contributed by atoms with Crippen LogP contribution >= 0.6 is 0 Å². The third kappa shape index (κ3) is 2.97. The number of ketones is 1. The molecule has 6 nitrogen and oxygen atoms in total. The number of ether oxygens (including phenoxy) is 1. The number of aryl methyl sites for hydroxylation is 1. The van der Waals surface area contributed by atoms with E-state index in [1.165, 1.54) is 4.68 Å². The van der Waals surface area contributed by atoms with E-state index >= 15 is 0 Å². The molecule has 2 aliphatic rings. The molecular formula is C26H21N3O3. The highest BCUT2D eigenvalue weighted by molar-refractivity contribution is 6.02. The number of allylic oxidation sites excluding steroid dienone is 2. The van der Waals surface area contributed by atoms with E-state index in [0.717, 1.165) is 17.5 Å². The molecule has 32 heavy (non-hydrogen) atoms. The molecule has 5 rings (SSSR count). The van der Waals surface area contributed by atoms with Gasteiger partial charge in [-0.3, -0.25) is 4.79 Å². The van der Waals surface area contributed by atoms with Gasteiger partial charge in [-0.25, -0.2) is 4.79 Å². The highest BCUT2D eigenvalue weighted by Gasteiger charge is 2.53. The third-order valence-corrected chi connectivity index (χ3v) is 6.65. The maximum Gasteiger partial charge on any atom is 0.440 e. The van der Waals surface area contributed by atoms with Crippen molar-refractivity contribution in [1.29, 1.82) is 5.26 Å². The first kappa shape index (κ1) is 20.0. The molecule has 3 aromatic rings. The molecule has 0 amide bonds. The molecule has 0 N–H and O–H groups in total. The van der Waals surface area contributed by atoms with Crippen molar-refractivity contribution in [2.75, 3.05) is 0 Å². The maximum atomic E-state index is 12.8. The summed E-state index contributed by atoms with van der Waals surface area (Å²) in [5, 5.41) is 14.4. The predicted molar refractivity (Wildman–Crippen MR) is 117 cm³/mol. The molecule has 0 aliphatic heterocycles. The smallest absolute Gasteiger partial charge is 0.409 e. The van der Waals surface area contributed by atoms with Crippen LogP contribution < -0.4 is 4.74 Å². The molecular weight excluding hydrogens is 402 g/mol. The number of rotatable bonds is 2. The van der Waals surface area contributed by atoms with Gasteiger partial charge in [0.25, 0.3) is 0 Å². The van der Waals surface area contributed by atoms with Crippen LogP contribution in [0.15, 0.2) is 78.5 Å². The number of benzene rings is 2. The Bertz CT molecular complexity index is 1270. The molecule has 2 aromatic carbocycles. The summed E-state index contributed by atoms with van der Waals surface area (Å²) < 4.78 is 6.70. The topological polar surface area (TPSA) is 85.0 Å². The summed E-state index contributed by atoms with van der Waals surface area (Å²) in [6, 6.07) is 20.7. The van der Waals surface area contributed by atoms with E-state index in [4.69, 9.17) is 4.74 Å². The molecule has 0 spiro atoms. The second kappa shape index (κ2) is 7.61. The Kier molecular flexibility index (Phi) is 4.75. The number of fused-ring (bicyclic) bond motifs is 3. The molecule has 0 fully saturated rings. The third-order valence-electron chi connectivity index (χ3n) is 6.65. The van der Waals surface area contributed by atoms with Crippen LogP contribution in [-0.2, 0) is 16.6 Å². The molecule has 0 radical (unpaired) electrons. The monoisotopic (exact) mass is 423 g/mol. The van der Waals surface area contributed by atoms with Gasteiger partial charge in [-0.2, -0.15) is 15.0 Å². The van der Waals surface area contributed by atoms with Crippen molar-refractivity contribution in [3.05, 3.63) is 95.3 Å². The fourth-order valence-corrected chi connectivity index (χ4v) is 5.17. The first-order chi connectivity index (χ1) is 15.5. The summed E-state index contributed by atoms with van der Waals surface area (Å²) in [6.07, 6.45) is 4.33. The Balaban J connectivity index is 1.67. The Morgan fingerprint density at radius 1 is 1.16 bits per heavy atom. The first-order valence-corrected chi connectivity index (χ1v) is 10.6. The zero-order valence-electron chi connectivity index (χ0n) is 17.6. The minimum absolute atomic E-state index is 0.0597. The van der Waals surface area contributed by atoms with E-state index in [1.807, 2.05) is 43.3 Å². The van der Waals surface area contributed by atoms with Gasteiger partial charge in [0.1, 0.15) is 11.8 Å². The second-order valence-corrected chi connectivity index (χ2v) is 8.33. The number of carbonyl (C=O) groups is 2. The van der Waals surface area contributed by atoms with Crippen molar-refractivity contribution in [2.24, 2.45) is 11.8 Å². The summed E-state index contributed by atoms with van der Waals surface area (Å²) in [5.41, 5.74) is 1.97. The van der Waals surface area contributed by atoms with Crippen molar-refractivity contribution in [1.82, 2.24) is 9.78 Å². The van der Waals surface area contributed by atoms with Gasteiger partial charge in [-0.15, -0.1) is 0 Å². The number of hydrogen-bond donors (Lipinski definition) is 0. The average Bonchev–Trinajstić information content (AvgIpc) is 3.28. The van der Waals surface area contributed by atoms with Crippen molar-refractivity contribution in [3.8, 4) is 11.8 Å². The summed E-state index contributed by atoms with van der Waals surface area (Å²) in [5.74, 6) is -0.0829. The largest absolute Gasteiger partial charge is 0.440 e. The summed E-state index contributed by atoms with van der Waals surface area (Å²) in [6.45, 7) is 1.89. The number of carbonyl (C=O) groups excluding carboxylic acids is 2. The van der Waals surface area contributed by atoms with Crippen LogP contribution in [0.3, 0.4) is 0 Å². The van der Waals surface area contributed by atoms with E-state index in [9.17, 15) is 14.9 Å². The van der Waals surface area contributed by atoms with Crippen LogP contribution in [0.1, 0.15) is 30.2 Å². The fraction of sp³-hybridized carbons (Fsp3) is 0.231. The van der Waals surface area contributed by atoms with Gasteiger partial charge in [0, 0.05) is 12.1 Å². The quantitative estimate of drug-likeness (QED) is 0.608. The van der Waals surface area contributed by atoms with Crippen LogP contribution in [0.4, 0.5) is 4.79 Å². The van der Waals surface area contributed by atoms with Crippen molar-refractivity contribution in [3.63, 3.8) is 0 Å². The van der Waals surface area contributed by atoms with E-state index < -0.39 is 11.5 Å². The van der Waals surface area contributed by atoms with Gasteiger partial charge in [-0.05, 0) is 48.1 Å². The van der Waals surface area contributed by atoms with E-state index in [-0.39, 0.29) is 23.2 Å². The second-order valence-electron chi connectivity index (χ2n) is 8.33. The number of nitriles is 1. The Labute approximate surface area is 185 Å².